The molecule has 6 aromatic rings. The van der Waals surface area contributed by atoms with Crippen molar-refractivity contribution in [2.24, 2.45) is 0 Å². The summed E-state index contributed by atoms with van der Waals surface area (Å²) in [4.78, 5) is 62.5. The third-order valence-electron chi connectivity index (χ3n) is 16.1. The molecule has 4 fully saturated rings. The van der Waals surface area contributed by atoms with Crippen LogP contribution in [0.3, 0.4) is 0 Å². The van der Waals surface area contributed by atoms with Gasteiger partial charge in [-0.1, -0.05) is 87.1 Å². The van der Waals surface area contributed by atoms with Crippen LogP contribution in [0.25, 0.3) is 44.3 Å². The number of thioether (sulfide) groups is 2. The standard InChI is InChI=1S/C29H33N3O3S.C29H35N3OS.CO2.ClH/c33-20-35-22-10-11-23-26(18-22)32-13-12-31(19-27(34)30-14-16-36-17-15-30)25-9-5-4-8-24(25)29(32)28(23)21-6-2-1-3-7-21;1-21-11-12-23-26(19-21)32-14-13-31(20-27(33)30-15-17-34-18-16-30)25-10-6-5-9-24(25)29(32)28(23)22-7-3-2-4-8-22;2-1-3;/h4-5,8-11,18,20-21H,1-3,6-7,12-17,19H2;5-6,9-12,19,22H,2-4,7-8,13-18,20H2,1H3;;1H. The third kappa shape index (κ3) is 11.2. The maximum Gasteiger partial charge on any atom is 0.373 e. The molecule has 2 aliphatic carbocycles. The zero-order valence-electron chi connectivity index (χ0n) is 42.6. The second kappa shape index (κ2) is 24.8. The second-order valence-corrected chi connectivity index (χ2v) is 22.8. The van der Waals surface area contributed by atoms with Gasteiger partial charge in [0.1, 0.15) is 5.75 Å². The molecular formula is C59H69ClN6O6S2. The van der Waals surface area contributed by atoms with Gasteiger partial charge in [0.25, 0.3) is 6.47 Å². The van der Waals surface area contributed by atoms with Gasteiger partial charge in [0.2, 0.25) is 11.8 Å². The summed E-state index contributed by atoms with van der Waals surface area (Å²) in [5.74, 6) is 6.37. The van der Waals surface area contributed by atoms with Crippen LogP contribution in [0.4, 0.5) is 11.4 Å². The van der Waals surface area contributed by atoms with E-state index >= 15 is 0 Å². The summed E-state index contributed by atoms with van der Waals surface area (Å²) < 4.78 is 10.2. The second-order valence-electron chi connectivity index (χ2n) is 20.4. The number of para-hydroxylation sites is 2. The predicted octanol–water partition coefficient (Wildman–Crippen LogP) is 11.2. The Balaban J connectivity index is 0.000000171. The van der Waals surface area contributed by atoms with Crippen molar-refractivity contribution in [2.45, 2.75) is 96.1 Å². The average molecular weight is 1060 g/mol. The van der Waals surface area contributed by atoms with Crippen LogP contribution in [0, 0.1) is 6.92 Å². The molecular weight excluding hydrogens is 988 g/mol. The summed E-state index contributed by atoms with van der Waals surface area (Å²) in [7, 11) is 0. The summed E-state index contributed by atoms with van der Waals surface area (Å²) in [6.07, 6.45) is 13.1. The van der Waals surface area contributed by atoms with Gasteiger partial charge >= 0.3 is 6.15 Å². The van der Waals surface area contributed by atoms with E-state index in [0.29, 0.717) is 37.1 Å². The van der Waals surface area contributed by atoms with Crippen LogP contribution >= 0.6 is 35.9 Å². The van der Waals surface area contributed by atoms with Crippen LogP contribution in [0.5, 0.6) is 5.75 Å². The molecule has 2 aromatic heterocycles. The van der Waals surface area contributed by atoms with Crippen molar-refractivity contribution in [3.63, 3.8) is 0 Å². The van der Waals surface area contributed by atoms with Gasteiger partial charge < -0.3 is 33.5 Å². The average Bonchev–Trinajstić information content (AvgIpc) is 3.82. The molecule has 0 unspecified atom stereocenters. The van der Waals surface area contributed by atoms with E-state index < -0.39 is 0 Å². The maximum atomic E-state index is 13.3. The van der Waals surface area contributed by atoms with Gasteiger partial charge in [-0.3, -0.25) is 14.4 Å². The van der Waals surface area contributed by atoms with E-state index in [1.807, 2.05) is 40.6 Å². The van der Waals surface area contributed by atoms with Crippen molar-refractivity contribution in [1.29, 1.82) is 0 Å². The largest absolute Gasteiger partial charge is 0.429 e. The van der Waals surface area contributed by atoms with Crippen molar-refractivity contribution in [2.75, 3.05) is 85.2 Å². The lowest BCUT2D eigenvalue weighted by Gasteiger charge is -2.31. The molecule has 4 aromatic carbocycles. The SMILES string of the molecule is Cc1ccc2c(C3CCCCC3)c3n(c2c1)CCN(CC(=O)N1CCSCC1)c1ccccc1-3.Cl.O=C=O.O=COc1ccc2c(C3CCCCC3)c3n(c2c1)CCN(CC(=O)N1CCSCC1)c1ccccc1-3. The van der Waals surface area contributed by atoms with Crippen molar-refractivity contribution < 1.29 is 28.7 Å². The number of aryl methyl sites for hydroxylation is 1. The lowest BCUT2D eigenvalue weighted by molar-refractivity contribution is -0.191. The highest BCUT2D eigenvalue weighted by Gasteiger charge is 2.34. The normalized spacial score (nSPS) is 17.9. The van der Waals surface area contributed by atoms with Gasteiger partial charge in [-0.15, -0.1) is 12.4 Å². The van der Waals surface area contributed by atoms with Crippen LogP contribution in [0.2, 0.25) is 0 Å². The van der Waals surface area contributed by atoms with Crippen LogP contribution in [0.1, 0.15) is 92.7 Å². The van der Waals surface area contributed by atoms with Gasteiger partial charge in [-0.2, -0.15) is 33.1 Å². The van der Waals surface area contributed by atoms with Gasteiger partial charge in [0.05, 0.1) is 30.0 Å². The number of aromatic nitrogens is 2. The molecule has 12 nitrogen and oxygen atoms in total. The van der Waals surface area contributed by atoms with Gasteiger partial charge in [-0.05, 0) is 91.5 Å². The van der Waals surface area contributed by atoms with Crippen molar-refractivity contribution in [3.8, 4) is 28.3 Å². The molecule has 74 heavy (non-hydrogen) atoms. The van der Waals surface area contributed by atoms with Crippen molar-refractivity contribution in [3.05, 3.63) is 102 Å². The molecule has 0 radical (unpaired) electrons. The van der Waals surface area contributed by atoms with E-state index in [4.69, 9.17) is 14.3 Å². The summed E-state index contributed by atoms with van der Waals surface area (Å²) >= 11 is 3.88. The van der Waals surface area contributed by atoms with Crippen LogP contribution < -0.4 is 14.5 Å². The Morgan fingerprint density at radius 3 is 1.47 bits per heavy atom. The molecule has 15 heteroatoms. The van der Waals surface area contributed by atoms with Crippen LogP contribution in [-0.2, 0) is 37.1 Å². The fourth-order valence-electron chi connectivity index (χ4n) is 12.7. The van der Waals surface area contributed by atoms with E-state index in [2.05, 4.69) is 104 Å². The number of carbonyl (C=O) groups excluding carboxylic acids is 5. The van der Waals surface area contributed by atoms with E-state index in [1.54, 1.807) is 5.56 Å². The molecule has 390 valence electrons. The number of rotatable bonds is 8. The fourth-order valence-corrected chi connectivity index (χ4v) is 14.5. The minimum Gasteiger partial charge on any atom is -0.429 e. The first-order valence-electron chi connectivity index (χ1n) is 26.6. The molecule has 0 atom stereocenters. The molecule has 0 bridgehead atoms. The minimum absolute atomic E-state index is 0. The molecule has 2 saturated carbocycles. The Labute approximate surface area is 449 Å². The molecule has 0 spiro atoms. The summed E-state index contributed by atoms with van der Waals surface area (Å²) in [6, 6.07) is 30.5. The van der Waals surface area contributed by atoms with Crippen LogP contribution in [0.15, 0.2) is 84.9 Å². The molecule has 4 aliphatic heterocycles. The number of fused-ring (bicyclic) bond motifs is 10. The van der Waals surface area contributed by atoms with E-state index in [9.17, 15) is 14.4 Å². The molecule has 2 saturated heterocycles. The first kappa shape index (κ1) is 53.2. The van der Waals surface area contributed by atoms with Gasteiger partial charge in [-0.25, -0.2) is 0 Å². The highest BCUT2D eigenvalue weighted by Crippen LogP contribution is 2.49. The lowest BCUT2D eigenvalue weighted by Crippen LogP contribution is -2.44. The van der Waals surface area contributed by atoms with Crippen molar-refractivity contribution in [1.82, 2.24) is 18.9 Å². The molecule has 6 heterocycles. The summed E-state index contributed by atoms with van der Waals surface area (Å²) in [6.45, 7) is 10.3. The molecule has 6 aliphatic rings. The van der Waals surface area contributed by atoms with E-state index in [-0.39, 0.29) is 30.4 Å². The Morgan fingerprint density at radius 2 is 1.01 bits per heavy atom. The molecule has 2 amide bonds. The molecule has 12 rings (SSSR count). The highest BCUT2D eigenvalue weighted by atomic mass is 35.5. The number of benzene rings is 4. The number of carbonyl (C=O) groups is 3. The number of ether oxygens (including phenoxy) is 1. The minimum atomic E-state index is 0. The number of hydrogen-bond acceptors (Lipinski definition) is 10. The van der Waals surface area contributed by atoms with Gasteiger partial charge in [0.15, 0.2) is 0 Å². The Kier molecular flexibility index (Phi) is 17.8. The molecule has 0 N–H and O–H groups in total. The number of amides is 2. The number of hydrogen-bond donors (Lipinski definition) is 0. The third-order valence-corrected chi connectivity index (χ3v) is 18.0. The number of halogens is 1. The van der Waals surface area contributed by atoms with E-state index in [1.165, 1.54) is 120 Å². The fraction of sp³-hybridized carbons (Fsp3) is 0.458. The topological polar surface area (TPSA) is 117 Å². The predicted molar refractivity (Wildman–Crippen MR) is 302 cm³/mol. The zero-order chi connectivity index (χ0) is 50.3. The highest BCUT2D eigenvalue weighted by molar-refractivity contribution is 7.99. The number of anilines is 2. The Morgan fingerprint density at radius 1 is 0.581 bits per heavy atom. The summed E-state index contributed by atoms with van der Waals surface area (Å²) in [5, 5.41) is 2.71. The maximum absolute atomic E-state index is 13.3. The summed E-state index contributed by atoms with van der Waals surface area (Å²) in [5.41, 5.74) is 14.3. The van der Waals surface area contributed by atoms with Crippen LogP contribution in [-0.4, -0.2) is 119 Å². The Hall–Kier alpha value is -5.66. The van der Waals surface area contributed by atoms with Gasteiger partial charge in [0, 0.05) is 120 Å². The lowest BCUT2D eigenvalue weighted by atomic mass is 9.81. The first-order chi connectivity index (χ1) is 35.9. The number of nitrogens with zero attached hydrogens (tertiary/aromatic N) is 6. The Bertz CT molecular complexity index is 2980. The monoisotopic (exact) mass is 1060 g/mol. The first-order valence-corrected chi connectivity index (χ1v) is 29.0. The van der Waals surface area contributed by atoms with E-state index in [0.717, 1.165) is 86.6 Å². The zero-order valence-corrected chi connectivity index (χ0v) is 45.1. The quantitative estimate of drug-likeness (QED) is 0.136. The smallest absolute Gasteiger partial charge is 0.373 e. The van der Waals surface area contributed by atoms with Crippen molar-refractivity contribution >= 4 is 93.5 Å².